The number of rotatable bonds is 2. The Morgan fingerprint density at radius 3 is 2.80 bits per heavy atom. The first kappa shape index (κ1) is 11.4. The van der Waals surface area contributed by atoms with Gasteiger partial charge in [0.1, 0.15) is 6.10 Å². The second kappa shape index (κ2) is 5.30. The van der Waals surface area contributed by atoms with Crippen LogP contribution in [0.2, 0.25) is 0 Å². The number of carbonyl (C=O) groups is 1. The molecule has 0 aromatic rings. The third kappa shape index (κ3) is 2.94. The van der Waals surface area contributed by atoms with Crippen LogP contribution in [0.25, 0.3) is 0 Å². The van der Waals surface area contributed by atoms with Crippen LogP contribution < -0.4 is 0 Å². The summed E-state index contributed by atoms with van der Waals surface area (Å²) in [6.07, 6.45) is 6.40. The second-order valence-corrected chi connectivity index (χ2v) is 6.65. The fourth-order valence-corrected chi connectivity index (χ4v) is 4.44. The Labute approximate surface area is 98.6 Å². The van der Waals surface area contributed by atoms with E-state index in [0.29, 0.717) is 5.92 Å². The molecular weight excluding hydrogens is 228 g/mol. The van der Waals surface area contributed by atoms with Gasteiger partial charge in [-0.1, -0.05) is 40.7 Å². The molecule has 1 fully saturated rings. The number of ether oxygens (including phenoxy) is 1. The molecular formula is C11H16O2S2. The van der Waals surface area contributed by atoms with E-state index in [9.17, 15) is 4.79 Å². The van der Waals surface area contributed by atoms with Crippen LogP contribution in [0, 0.1) is 11.8 Å². The molecule has 0 N–H and O–H groups in total. The zero-order chi connectivity index (χ0) is 10.7. The van der Waals surface area contributed by atoms with Crippen LogP contribution in [-0.2, 0) is 9.53 Å². The Balaban J connectivity index is 1.86. The summed E-state index contributed by atoms with van der Waals surface area (Å²) in [6, 6.07) is 0. The summed E-state index contributed by atoms with van der Waals surface area (Å²) in [7, 11) is 3.59. The molecule has 4 heteroatoms. The molecule has 1 aliphatic carbocycles. The van der Waals surface area contributed by atoms with Crippen molar-refractivity contribution < 1.29 is 9.53 Å². The zero-order valence-electron chi connectivity index (χ0n) is 8.85. The van der Waals surface area contributed by atoms with E-state index >= 15 is 0 Å². The van der Waals surface area contributed by atoms with Gasteiger partial charge in [0.25, 0.3) is 0 Å². The standard InChI is InChI=1S/C11H16O2S2/c1-8-4-2-3-5-10(8)11(12)13-9-6-14-15-7-9/h2,4,8-10H,3,5-7H2,1H3. The van der Waals surface area contributed by atoms with Gasteiger partial charge in [-0.25, -0.2) is 0 Å². The van der Waals surface area contributed by atoms with Gasteiger partial charge in [-0.2, -0.15) is 0 Å². The van der Waals surface area contributed by atoms with Crippen molar-refractivity contribution in [3.8, 4) is 0 Å². The molecule has 0 aromatic carbocycles. The van der Waals surface area contributed by atoms with Crippen LogP contribution in [-0.4, -0.2) is 23.6 Å². The van der Waals surface area contributed by atoms with Gasteiger partial charge < -0.3 is 4.74 Å². The average molecular weight is 244 g/mol. The molecule has 0 spiro atoms. The van der Waals surface area contributed by atoms with Crippen molar-refractivity contribution in [2.24, 2.45) is 11.8 Å². The lowest BCUT2D eigenvalue weighted by Gasteiger charge is -2.24. The first-order valence-electron chi connectivity index (χ1n) is 5.39. The largest absolute Gasteiger partial charge is 0.460 e. The van der Waals surface area contributed by atoms with E-state index in [1.165, 1.54) is 0 Å². The third-order valence-electron chi connectivity index (χ3n) is 2.90. The highest BCUT2D eigenvalue weighted by Crippen LogP contribution is 2.33. The summed E-state index contributed by atoms with van der Waals surface area (Å²) in [5.41, 5.74) is 0. The van der Waals surface area contributed by atoms with Crippen LogP contribution >= 0.6 is 21.6 Å². The van der Waals surface area contributed by atoms with Gasteiger partial charge in [0.15, 0.2) is 0 Å². The van der Waals surface area contributed by atoms with Gasteiger partial charge in [0.2, 0.25) is 0 Å². The molecule has 1 heterocycles. The molecule has 15 heavy (non-hydrogen) atoms. The quantitative estimate of drug-likeness (QED) is 0.424. The minimum atomic E-state index is 0.0138. The van der Waals surface area contributed by atoms with Crippen LogP contribution in [0.4, 0.5) is 0 Å². The van der Waals surface area contributed by atoms with Gasteiger partial charge in [-0.15, -0.1) is 0 Å². The lowest BCUT2D eigenvalue weighted by Crippen LogP contribution is -2.29. The predicted octanol–water partition coefficient (Wildman–Crippen LogP) is 2.90. The summed E-state index contributed by atoms with van der Waals surface area (Å²) < 4.78 is 5.51. The van der Waals surface area contributed by atoms with Gasteiger partial charge in [-0.3, -0.25) is 4.79 Å². The Morgan fingerprint density at radius 1 is 1.40 bits per heavy atom. The number of carbonyl (C=O) groups excluding carboxylic acids is 1. The molecule has 2 aliphatic rings. The van der Waals surface area contributed by atoms with E-state index in [1.807, 2.05) is 0 Å². The topological polar surface area (TPSA) is 26.3 Å². The van der Waals surface area contributed by atoms with Crippen molar-refractivity contribution in [1.82, 2.24) is 0 Å². The van der Waals surface area contributed by atoms with E-state index in [2.05, 4.69) is 19.1 Å². The second-order valence-electron chi connectivity index (χ2n) is 4.10. The Hall–Kier alpha value is -0.0900. The Bertz CT molecular complexity index is 259. The number of allylic oxidation sites excluding steroid dienone is 2. The van der Waals surface area contributed by atoms with E-state index in [0.717, 1.165) is 24.3 Å². The molecule has 0 amide bonds. The van der Waals surface area contributed by atoms with Crippen molar-refractivity contribution in [2.75, 3.05) is 11.5 Å². The highest BCUT2D eigenvalue weighted by Gasteiger charge is 2.29. The molecule has 84 valence electrons. The predicted molar refractivity (Wildman–Crippen MR) is 65.8 cm³/mol. The summed E-state index contributed by atoms with van der Waals surface area (Å²) in [5.74, 6) is 2.35. The highest BCUT2D eigenvalue weighted by molar-refractivity contribution is 8.77. The minimum absolute atomic E-state index is 0.0138. The maximum atomic E-state index is 11.9. The summed E-state index contributed by atoms with van der Waals surface area (Å²) in [4.78, 5) is 11.9. The molecule has 2 nitrogen and oxygen atoms in total. The van der Waals surface area contributed by atoms with Gasteiger partial charge in [-0.05, 0) is 18.8 Å². The minimum Gasteiger partial charge on any atom is -0.460 e. The fraction of sp³-hybridized carbons (Fsp3) is 0.727. The first-order chi connectivity index (χ1) is 7.27. The maximum absolute atomic E-state index is 11.9. The molecule has 0 aromatic heterocycles. The zero-order valence-corrected chi connectivity index (χ0v) is 10.5. The highest BCUT2D eigenvalue weighted by atomic mass is 33.1. The maximum Gasteiger partial charge on any atom is 0.309 e. The van der Waals surface area contributed by atoms with Crippen LogP contribution in [0.5, 0.6) is 0 Å². The lowest BCUT2D eigenvalue weighted by atomic mass is 9.85. The van der Waals surface area contributed by atoms with Crippen molar-refractivity contribution in [1.29, 1.82) is 0 Å². The van der Waals surface area contributed by atoms with Gasteiger partial charge >= 0.3 is 5.97 Å². The van der Waals surface area contributed by atoms with E-state index in [-0.39, 0.29) is 18.0 Å². The van der Waals surface area contributed by atoms with E-state index in [1.54, 1.807) is 21.6 Å². The Morgan fingerprint density at radius 2 is 2.13 bits per heavy atom. The van der Waals surface area contributed by atoms with Crippen molar-refractivity contribution in [2.45, 2.75) is 25.9 Å². The molecule has 0 radical (unpaired) electrons. The van der Waals surface area contributed by atoms with E-state index < -0.39 is 0 Å². The van der Waals surface area contributed by atoms with Crippen LogP contribution in [0.15, 0.2) is 12.2 Å². The molecule has 1 saturated heterocycles. The molecule has 1 aliphatic heterocycles. The Kier molecular flexibility index (Phi) is 4.03. The fourth-order valence-electron chi connectivity index (χ4n) is 1.93. The van der Waals surface area contributed by atoms with Crippen LogP contribution in [0.3, 0.4) is 0 Å². The summed E-state index contributed by atoms with van der Waals surface area (Å²) >= 11 is 0. The molecule has 0 saturated carbocycles. The monoisotopic (exact) mass is 244 g/mol. The average Bonchev–Trinajstić information content (AvgIpc) is 2.71. The SMILES string of the molecule is CC1C=CCCC1C(=O)OC1CSSC1. The van der Waals surface area contributed by atoms with Crippen molar-refractivity contribution in [3.63, 3.8) is 0 Å². The van der Waals surface area contributed by atoms with E-state index in [4.69, 9.17) is 4.74 Å². The summed E-state index contributed by atoms with van der Waals surface area (Å²) in [6.45, 7) is 2.10. The normalized spacial score (nSPS) is 31.8. The lowest BCUT2D eigenvalue weighted by molar-refractivity contribution is -0.153. The first-order valence-corrected chi connectivity index (χ1v) is 7.88. The van der Waals surface area contributed by atoms with Crippen molar-refractivity contribution in [3.05, 3.63) is 12.2 Å². The smallest absolute Gasteiger partial charge is 0.309 e. The van der Waals surface area contributed by atoms with Crippen LogP contribution in [0.1, 0.15) is 19.8 Å². The van der Waals surface area contributed by atoms with Gasteiger partial charge in [0, 0.05) is 11.5 Å². The number of hydrogen-bond acceptors (Lipinski definition) is 4. The number of esters is 1. The van der Waals surface area contributed by atoms with Gasteiger partial charge in [0.05, 0.1) is 5.92 Å². The molecule has 2 unspecified atom stereocenters. The number of hydrogen-bond donors (Lipinski definition) is 0. The third-order valence-corrected chi connectivity index (χ3v) is 5.39. The van der Waals surface area contributed by atoms with Crippen molar-refractivity contribution >= 4 is 27.6 Å². The molecule has 0 bridgehead atoms. The molecule has 2 atom stereocenters. The summed E-state index contributed by atoms with van der Waals surface area (Å²) in [5, 5.41) is 0. The molecule has 2 rings (SSSR count).